The summed E-state index contributed by atoms with van der Waals surface area (Å²) in [6.07, 6.45) is 0. The summed E-state index contributed by atoms with van der Waals surface area (Å²) in [4.78, 5) is 4.29. The molecule has 3 nitrogen and oxygen atoms in total. The minimum Gasteiger partial charge on any atom is -0.347 e. The highest BCUT2D eigenvalue weighted by Crippen LogP contribution is 2.10. The fraction of sp³-hybridized carbons (Fsp3) is 0.533. The predicted octanol–water partition coefficient (Wildman–Crippen LogP) is 3.04. The molecule has 1 rings (SSSR count). The first-order chi connectivity index (χ1) is 9.38. The summed E-state index contributed by atoms with van der Waals surface area (Å²) in [7, 11) is 4.09. The van der Waals surface area contributed by atoms with Gasteiger partial charge in [0.15, 0.2) is 5.11 Å². The van der Waals surface area contributed by atoms with Crippen LogP contribution in [0.5, 0.6) is 0 Å². The Bertz CT molecular complexity index is 418. The molecule has 0 spiro atoms. The van der Waals surface area contributed by atoms with Crippen LogP contribution in [0.1, 0.15) is 13.8 Å². The van der Waals surface area contributed by atoms with E-state index in [1.54, 1.807) is 12.1 Å². The number of nitrogens with one attached hydrogen (secondary N) is 1. The van der Waals surface area contributed by atoms with E-state index in [4.69, 9.17) is 12.2 Å². The fourth-order valence-electron chi connectivity index (χ4n) is 1.77. The number of rotatable bonds is 6. The second-order valence-electron chi connectivity index (χ2n) is 5.58. The first-order valence-electron chi connectivity index (χ1n) is 6.84. The number of benzene rings is 1. The average Bonchev–Trinajstić information content (AvgIpc) is 2.36. The van der Waals surface area contributed by atoms with Crippen LogP contribution < -0.4 is 5.32 Å². The summed E-state index contributed by atoms with van der Waals surface area (Å²) >= 11 is 5.46. The Balaban J connectivity index is 2.64. The molecule has 0 aliphatic carbocycles. The molecule has 0 heterocycles. The van der Waals surface area contributed by atoms with Gasteiger partial charge in [-0.3, -0.25) is 0 Å². The second-order valence-corrected chi connectivity index (χ2v) is 5.97. The predicted molar refractivity (Wildman–Crippen MR) is 87.6 cm³/mol. The third kappa shape index (κ3) is 6.30. The zero-order valence-corrected chi connectivity index (χ0v) is 13.5. The molecule has 0 bridgehead atoms. The molecule has 0 aliphatic heterocycles. The zero-order chi connectivity index (χ0) is 15.1. The van der Waals surface area contributed by atoms with Crippen molar-refractivity contribution in [2.24, 2.45) is 5.92 Å². The largest absolute Gasteiger partial charge is 0.347 e. The van der Waals surface area contributed by atoms with Crippen LogP contribution in [0.4, 0.5) is 10.1 Å². The average molecular weight is 297 g/mol. The highest BCUT2D eigenvalue weighted by molar-refractivity contribution is 7.80. The zero-order valence-electron chi connectivity index (χ0n) is 12.7. The van der Waals surface area contributed by atoms with Crippen molar-refractivity contribution >= 4 is 23.0 Å². The summed E-state index contributed by atoms with van der Waals surface area (Å²) in [5, 5.41) is 3.86. The standard InChI is InChI=1S/C15H24FN3S/c1-12(2)11-19(10-9-18(3)4)15(20)17-14-7-5-13(16)6-8-14/h5-8,12H,9-11H2,1-4H3,(H,17,20). The summed E-state index contributed by atoms with van der Waals surface area (Å²) in [6, 6.07) is 6.25. The molecule has 5 heteroatoms. The lowest BCUT2D eigenvalue weighted by molar-refractivity contribution is 0.310. The molecule has 112 valence electrons. The first kappa shape index (κ1) is 16.9. The van der Waals surface area contributed by atoms with Gasteiger partial charge in [0.05, 0.1) is 0 Å². The SMILES string of the molecule is CC(C)CN(CCN(C)C)C(=S)Nc1ccc(F)cc1. The van der Waals surface area contributed by atoms with Gasteiger partial charge in [-0.1, -0.05) is 13.8 Å². The van der Waals surface area contributed by atoms with E-state index < -0.39 is 0 Å². The van der Waals surface area contributed by atoms with Crippen LogP contribution in [0.2, 0.25) is 0 Å². The van der Waals surface area contributed by atoms with E-state index in [0.717, 1.165) is 25.3 Å². The summed E-state index contributed by atoms with van der Waals surface area (Å²) < 4.78 is 12.9. The Kier molecular flexibility index (Phi) is 6.88. The molecule has 0 aromatic heterocycles. The summed E-state index contributed by atoms with van der Waals surface area (Å²) in [6.45, 7) is 7.06. The molecule has 1 aromatic carbocycles. The van der Waals surface area contributed by atoms with Crippen molar-refractivity contribution in [3.63, 3.8) is 0 Å². The maximum Gasteiger partial charge on any atom is 0.173 e. The molecule has 0 saturated heterocycles. The quantitative estimate of drug-likeness (QED) is 0.813. The lowest BCUT2D eigenvalue weighted by Gasteiger charge is -2.28. The Hall–Kier alpha value is -1.20. The molecule has 0 radical (unpaired) electrons. The van der Waals surface area contributed by atoms with Gasteiger partial charge in [0.2, 0.25) is 0 Å². The molecule has 0 amide bonds. The minimum atomic E-state index is -0.242. The molecular weight excluding hydrogens is 273 g/mol. The van der Waals surface area contributed by atoms with Crippen molar-refractivity contribution in [1.29, 1.82) is 0 Å². The van der Waals surface area contributed by atoms with Crippen LogP contribution in [0, 0.1) is 11.7 Å². The van der Waals surface area contributed by atoms with Crippen molar-refractivity contribution in [2.75, 3.05) is 39.0 Å². The highest BCUT2D eigenvalue weighted by Gasteiger charge is 2.12. The van der Waals surface area contributed by atoms with E-state index in [1.165, 1.54) is 12.1 Å². The van der Waals surface area contributed by atoms with Crippen molar-refractivity contribution in [3.05, 3.63) is 30.1 Å². The highest BCUT2D eigenvalue weighted by atomic mass is 32.1. The topological polar surface area (TPSA) is 18.5 Å². The van der Waals surface area contributed by atoms with Crippen molar-refractivity contribution < 1.29 is 4.39 Å². The van der Waals surface area contributed by atoms with Gasteiger partial charge >= 0.3 is 0 Å². The Morgan fingerprint density at radius 1 is 1.20 bits per heavy atom. The normalized spacial score (nSPS) is 10.9. The van der Waals surface area contributed by atoms with Gasteiger partial charge in [-0.15, -0.1) is 0 Å². The fourth-order valence-corrected chi connectivity index (χ4v) is 2.06. The van der Waals surface area contributed by atoms with Gasteiger partial charge in [-0.2, -0.15) is 0 Å². The smallest absolute Gasteiger partial charge is 0.173 e. The van der Waals surface area contributed by atoms with Gasteiger partial charge in [-0.25, -0.2) is 4.39 Å². The van der Waals surface area contributed by atoms with Crippen molar-refractivity contribution in [3.8, 4) is 0 Å². The number of nitrogens with zero attached hydrogens (tertiary/aromatic N) is 2. The van der Waals surface area contributed by atoms with E-state index in [9.17, 15) is 4.39 Å². The molecule has 0 fully saturated rings. The molecule has 1 N–H and O–H groups in total. The van der Waals surface area contributed by atoms with Gasteiger partial charge in [-0.05, 0) is 56.5 Å². The maximum absolute atomic E-state index is 12.9. The van der Waals surface area contributed by atoms with Crippen LogP contribution in [-0.4, -0.2) is 48.6 Å². The van der Waals surface area contributed by atoms with Gasteiger partial charge < -0.3 is 15.1 Å². The van der Waals surface area contributed by atoms with E-state index in [2.05, 4.69) is 29.0 Å². The van der Waals surface area contributed by atoms with Crippen LogP contribution in [0.25, 0.3) is 0 Å². The Labute approximate surface area is 126 Å². The van der Waals surface area contributed by atoms with Crippen LogP contribution in [0.15, 0.2) is 24.3 Å². The number of thiocarbonyl (C=S) groups is 1. The summed E-state index contributed by atoms with van der Waals surface area (Å²) in [5.41, 5.74) is 0.815. The Morgan fingerprint density at radius 2 is 1.80 bits per heavy atom. The molecular formula is C15H24FN3S. The second kappa shape index (κ2) is 8.17. The van der Waals surface area contributed by atoms with E-state index in [1.807, 2.05) is 14.1 Å². The molecule has 1 aromatic rings. The molecule has 0 saturated carbocycles. The Morgan fingerprint density at radius 3 is 2.30 bits per heavy atom. The number of likely N-dealkylation sites (N-methyl/N-ethyl adjacent to an activating group) is 1. The van der Waals surface area contributed by atoms with E-state index >= 15 is 0 Å². The number of hydrogen-bond acceptors (Lipinski definition) is 2. The molecule has 0 unspecified atom stereocenters. The van der Waals surface area contributed by atoms with Gasteiger partial charge in [0.25, 0.3) is 0 Å². The maximum atomic E-state index is 12.9. The summed E-state index contributed by atoms with van der Waals surface area (Å²) in [5.74, 6) is 0.290. The lowest BCUT2D eigenvalue weighted by Crippen LogP contribution is -2.41. The molecule has 0 aliphatic rings. The van der Waals surface area contributed by atoms with Crippen LogP contribution >= 0.6 is 12.2 Å². The van der Waals surface area contributed by atoms with Crippen molar-refractivity contribution in [1.82, 2.24) is 9.80 Å². The number of hydrogen-bond donors (Lipinski definition) is 1. The van der Waals surface area contributed by atoms with Crippen LogP contribution in [0.3, 0.4) is 0 Å². The third-order valence-electron chi connectivity index (χ3n) is 2.79. The molecule has 0 atom stereocenters. The van der Waals surface area contributed by atoms with Gasteiger partial charge in [0, 0.05) is 25.3 Å². The minimum absolute atomic E-state index is 0.242. The van der Waals surface area contributed by atoms with E-state index in [0.29, 0.717) is 11.0 Å². The first-order valence-corrected chi connectivity index (χ1v) is 7.25. The van der Waals surface area contributed by atoms with Crippen LogP contribution in [-0.2, 0) is 0 Å². The van der Waals surface area contributed by atoms with Crippen molar-refractivity contribution in [2.45, 2.75) is 13.8 Å². The third-order valence-corrected chi connectivity index (χ3v) is 3.15. The lowest BCUT2D eigenvalue weighted by atomic mass is 10.2. The monoisotopic (exact) mass is 297 g/mol. The number of anilines is 1. The van der Waals surface area contributed by atoms with Gasteiger partial charge in [0.1, 0.15) is 5.82 Å². The van der Waals surface area contributed by atoms with E-state index in [-0.39, 0.29) is 5.82 Å². The number of halogens is 1. The molecule has 20 heavy (non-hydrogen) atoms.